The van der Waals surface area contributed by atoms with Crippen LogP contribution in [0.5, 0.6) is 5.75 Å². The minimum Gasteiger partial charge on any atom is -0.497 e. The number of carbonyl (C=O) groups is 2. The van der Waals surface area contributed by atoms with E-state index in [0.29, 0.717) is 12.4 Å². The van der Waals surface area contributed by atoms with Crippen LogP contribution in [0.1, 0.15) is 26.3 Å². The minimum absolute atomic E-state index is 0.0645. The largest absolute Gasteiger partial charge is 0.497 e. The van der Waals surface area contributed by atoms with Gasteiger partial charge in [-0.1, -0.05) is 18.2 Å². The molecule has 0 aliphatic heterocycles. The average molecular weight is 443 g/mol. The molecular weight excluding hydrogens is 416 g/mol. The number of nitrogens with one attached hydrogen (secondary N) is 1. The van der Waals surface area contributed by atoms with Crippen molar-refractivity contribution in [1.82, 2.24) is 30.4 Å². The maximum absolute atomic E-state index is 12.9. The van der Waals surface area contributed by atoms with Crippen molar-refractivity contribution in [1.29, 1.82) is 0 Å². The summed E-state index contributed by atoms with van der Waals surface area (Å²) in [4.78, 5) is 29.1. The number of hydrogen-bond donors (Lipinski definition) is 1. The summed E-state index contributed by atoms with van der Waals surface area (Å²) in [7, 11) is 1.60. The van der Waals surface area contributed by atoms with E-state index >= 15 is 0 Å². The van der Waals surface area contributed by atoms with Gasteiger partial charge in [-0.05, 0) is 55.1 Å². The molecule has 9 nitrogen and oxygen atoms in total. The highest BCUT2D eigenvalue weighted by Gasteiger charge is 2.29. The second-order valence-electron chi connectivity index (χ2n) is 7.90. The Labute approximate surface area is 185 Å². The van der Waals surface area contributed by atoms with Gasteiger partial charge in [-0.3, -0.25) is 9.59 Å². The molecule has 0 spiro atoms. The Hall–Kier alpha value is -3.27. The molecule has 1 N–H and O–H groups in total. The van der Waals surface area contributed by atoms with Crippen molar-refractivity contribution in [2.45, 2.75) is 39.4 Å². The number of thiophene rings is 1. The first-order valence-electron chi connectivity index (χ1n) is 9.78. The average Bonchev–Trinajstić information content (AvgIpc) is 3.42. The first kappa shape index (κ1) is 22.4. The molecule has 0 bridgehead atoms. The maximum Gasteiger partial charge on any atom is 0.247 e. The molecule has 0 aliphatic carbocycles. The Morgan fingerprint density at radius 1 is 1.19 bits per heavy atom. The molecule has 1 aromatic carbocycles. The van der Waals surface area contributed by atoms with Crippen molar-refractivity contribution in [2.24, 2.45) is 0 Å². The lowest BCUT2D eigenvalue weighted by Crippen LogP contribution is -2.51. The van der Waals surface area contributed by atoms with E-state index in [2.05, 4.69) is 20.7 Å². The monoisotopic (exact) mass is 442 g/mol. The van der Waals surface area contributed by atoms with Gasteiger partial charge in [0.1, 0.15) is 18.8 Å². The van der Waals surface area contributed by atoms with E-state index in [0.717, 1.165) is 16.2 Å². The highest BCUT2D eigenvalue weighted by molar-refractivity contribution is 7.13. The second kappa shape index (κ2) is 9.69. The lowest BCUT2D eigenvalue weighted by molar-refractivity contribution is -0.141. The molecule has 0 atom stereocenters. The van der Waals surface area contributed by atoms with E-state index in [1.807, 2.05) is 62.5 Å². The summed E-state index contributed by atoms with van der Waals surface area (Å²) in [6.07, 6.45) is 0. The van der Waals surface area contributed by atoms with Crippen LogP contribution < -0.4 is 10.1 Å². The summed E-state index contributed by atoms with van der Waals surface area (Å²) < 4.78 is 5.13. The van der Waals surface area contributed by atoms with Gasteiger partial charge >= 0.3 is 0 Å². The number of carbonyl (C=O) groups excluding carboxylic acids is 2. The van der Waals surface area contributed by atoms with Gasteiger partial charge in [-0.15, -0.1) is 21.5 Å². The zero-order valence-electron chi connectivity index (χ0n) is 18.0. The molecular formula is C21H26N6O3S. The summed E-state index contributed by atoms with van der Waals surface area (Å²) in [5, 5.41) is 17.0. The molecule has 31 heavy (non-hydrogen) atoms. The highest BCUT2D eigenvalue weighted by atomic mass is 32.1. The third-order valence-electron chi connectivity index (χ3n) is 4.53. The van der Waals surface area contributed by atoms with E-state index in [1.165, 1.54) is 21.0 Å². The summed E-state index contributed by atoms with van der Waals surface area (Å²) in [6.45, 7) is 5.85. The third kappa shape index (κ3) is 6.11. The molecule has 2 aromatic heterocycles. The van der Waals surface area contributed by atoms with Crippen molar-refractivity contribution in [3.8, 4) is 16.5 Å². The normalized spacial score (nSPS) is 11.2. The summed E-state index contributed by atoms with van der Waals surface area (Å²) in [6, 6.07) is 11.2. The Balaban J connectivity index is 1.60. The predicted octanol–water partition coefficient (Wildman–Crippen LogP) is 2.35. The van der Waals surface area contributed by atoms with Crippen LogP contribution in [0.4, 0.5) is 0 Å². The van der Waals surface area contributed by atoms with Crippen LogP contribution in [0, 0.1) is 0 Å². The summed E-state index contributed by atoms with van der Waals surface area (Å²) in [5.74, 6) is 0.720. The fourth-order valence-electron chi connectivity index (χ4n) is 2.86. The van der Waals surface area contributed by atoms with Gasteiger partial charge in [0.25, 0.3) is 0 Å². The predicted molar refractivity (Wildman–Crippen MR) is 117 cm³/mol. The third-order valence-corrected chi connectivity index (χ3v) is 5.40. The Bertz CT molecular complexity index is 1010. The Morgan fingerprint density at radius 3 is 2.55 bits per heavy atom. The number of benzene rings is 1. The van der Waals surface area contributed by atoms with E-state index in [-0.39, 0.29) is 24.9 Å². The molecule has 164 valence electrons. The van der Waals surface area contributed by atoms with Crippen molar-refractivity contribution < 1.29 is 14.3 Å². The van der Waals surface area contributed by atoms with Gasteiger partial charge in [0.15, 0.2) is 0 Å². The fraction of sp³-hybridized carbons (Fsp3) is 0.381. The van der Waals surface area contributed by atoms with Gasteiger partial charge in [0.2, 0.25) is 17.6 Å². The van der Waals surface area contributed by atoms with E-state index < -0.39 is 5.54 Å². The van der Waals surface area contributed by atoms with Crippen LogP contribution in [0.2, 0.25) is 0 Å². The number of methoxy groups -OCH3 is 1. The van der Waals surface area contributed by atoms with Gasteiger partial charge in [0, 0.05) is 12.1 Å². The highest BCUT2D eigenvalue weighted by Crippen LogP contribution is 2.20. The topological polar surface area (TPSA) is 102 Å². The molecule has 0 unspecified atom stereocenters. The molecule has 2 heterocycles. The van der Waals surface area contributed by atoms with Crippen LogP contribution in [0.3, 0.4) is 0 Å². The SMILES string of the molecule is COc1ccc(CNC(=O)CN(C(=O)Cn2nnc(-c3cccs3)n2)C(C)(C)C)cc1. The van der Waals surface area contributed by atoms with Crippen molar-refractivity contribution in [2.75, 3.05) is 13.7 Å². The molecule has 10 heteroatoms. The molecule has 3 rings (SSSR count). The maximum atomic E-state index is 12.9. The fourth-order valence-corrected chi connectivity index (χ4v) is 3.51. The van der Waals surface area contributed by atoms with Crippen molar-refractivity contribution in [3.63, 3.8) is 0 Å². The zero-order valence-corrected chi connectivity index (χ0v) is 18.8. The van der Waals surface area contributed by atoms with E-state index in [1.54, 1.807) is 7.11 Å². The number of nitrogens with zero attached hydrogens (tertiary/aromatic N) is 5. The minimum atomic E-state index is -0.550. The van der Waals surface area contributed by atoms with E-state index in [9.17, 15) is 9.59 Å². The van der Waals surface area contributed by atoms with Crippen LogP contribution in [-0.4, -0.2) is 56.1 Å². The molecule has 0 fully saturated rings. The van der Waals surface area contributed by atoms with E-state index in [4.69, 9.17) is 4.74 Å². The molecule has 0 saturated carbocycles. The number of aromatic nitrogens is 4. The number of amides is 2. The van der Waals surface area contributed by atoms with Gasteiger partial charge < -0.3 is 15.0 Å². The van der Waals surface area contributed by atoms with Gasteiger partial charge in [-0.25, -0.2) is 0 Å². The first-order chi connectivity index (χ1) is 14.8. The van der Waals surface area contributed by atoms with Gasteiger partial charge in [0.05, 0.1) is 12.0 Å². The lowest BCUT2D eigenvalue weighted by Gasteiger charge is -2.35. The number of hydrogen-bond acceptors (Lipinski definition) is 7. The first-order valence-corrected chi connectivity index (χ1v) is 10.7. The second-order valence-corrected chi connectivity index (χ2v) is 8.84. The van der Waals surface area contributed by atoms with Crippen LogP contribution in [-0.2, 0) is 22.7 Å². The standard InChI is InChI=1S/C21H26N6O3S/c1-21(2,3)26(13-18(28)22-12-15-7-9-16(30-4)10-8-15)19(29)14-27-24-20(23-25-27)17-6-5-11-31-17/h5-11H,12-14H2,1-4H3,(H,22,28). The quantitative estimate of drug-likeness (QED) is 0.575. The molecule has 0 radical (unpaired) electrons. The molecule has 2 amide bonds. The van der Waals surface area contributed by atoms with Crippen LogP contribution in [0.25, 0.3) is 10.7 Å². The molecule has 3 aromatic rings. The van der Waals surface area contributed by atoms with Crippen LogP contribution in [0.15, 0.2) is 41.8 Å². The zero-order chi connectivity index (χ0) is 22.4. The number of tetrazole rings is 1. The summed E-state index contributed by atoms with van der Waals surface area (Å²) >= 11 is 1.50. The number of ether oxygens (including phenoxy) is 1. The molecule has 0 saturated heterocycles. The Morgan fingerprint density at radius 2 is 1.94 bits per heavy atom. The van der Waals surface area contributed by atoms with Crippen molar-refractivity contribution >= 4 is 23.2 Å². The smallest absolute Gasteiger partial charge is 0.247 e. The van der Waals surface area contributed by atoms with Crippen LogP contribution >= 0.6 is 11.3 Å². The summed E-state index contributed by atoms with van der Waals surface area (Å²) in [5.41, 5.74) is 0.391. The number of rotatable bonds is 8. The van der Waals surface area contributed by atoms with Crippen molar-refractivity contribution in [3.05, 3.63) is 47.3 Å². The lowest BCUT2D eigenvalue weighted by atomic mass is 10.1. The van der Waals surface area contributed by atoms with Gasteiger partial charge in [-0.2, -0.15) is 4.80 Å². The Kier molecular flexibility index (Phi) is 7.01. The molecule has 0 aliphatic rings.